The third-order valence-electron chi connectivity index (χ3n) is 5.00. The smallest absolute Gasteiger partial charge is 0.302 e. The lowest BCUT2D eigenvalue weighted by Gasteiger charge is -2.25. The first-order valence-electron chi connectivity index (χ1n) is 9.77. The van der Waals surface area contributed by atoms with Crippen molar-refractivity contribution >= 4 is 28.9 Å². The van der Waals surface area contributed by atoms with Crippen LogP contribution in [0.3, 0.4) is 0 Å². The molecule has 0 amide bonds. The molecule has 0 saturated carbocycles. The molecule has 1 atom stereocenters. The molecule has 29 heavy (non-hydrogen) atoms. The highest BCUT2D eigenvalue weighted by Crippen LogP contribution is 2.30. The number of carbonyl (C=O) groups is 1. The fourth-order valence-electron chi connectivity index (χ4n) is 3.28. The number of hydrogen-bond donors (Lipinski definition) is 2. The summed E-state index contributed by atoms with van der Waals surface area (Å²) in [5.74, 6) is -0.298. The van der Waals surface area contributed by atoms with Gasteiger partial charge in [0.05, 0.1) is 12.6 Å². The highest BCUT2D eigenvalue weighted by molar-refractivity contribution is 7.80. The first-order chi connectivity index (χ1) is 13.8. The molecule has 2 rings (SSSR count). The SMILES string of the molecule is C=C(CC(NC(=S)NCCOC(C)=O)c1cccc(C)c1C)c1ccccc1C. The van der Waals surface area contributed by atoms with Gasteiger partial charge in [-0.1, -0.05) is 49.0 Å². The Bertz CT molecular complexity index is 892. The summed E-state index contributed by atoms with van der Waals surface area (Å²) in [7, 11) is 0. The Morgan fingerprint density at radius 2 is 1.79 bits per heavy atom. The van der Waals surface area contributed by atoms with Crippen LogP contribution >= 0.6 is 12.2 Å². The number of aryl methyl sites for hydroxylation is 2. The zero-order valence-electron chi connectivity index (χ0n) is 17.7. The molecule has 2 aromatic rings. The van der Waals surface area contributed by atoms with Gasteiger partial charge in [0.2, 0.25) is 0 Å². The van der Waals surface area contributed by atoms with Gasteiger partial charge < -0.3 is 15.4 Å². The van der Waals surface area contributed by atoms with Crippen LogP contribution < -0.4 is 10.6 Å². The molecule has 0 bridgehead atoms. The molecule has 154 valence electrons. The Hall–Kier alpha value is -2.66. The van der Waals surface area contributed by atoms with E-state index in [9.17, 15) is 4.79 Å². The van der Waals surface area contributed by atoms with Crippen molar-refractivity contribution in [3.8, 4) is 0 Å². The largest absolute Gasteiger partial charge is 0.464 e. The Morgan fingerprint density at radius 1 is 1.10 bits per heavy atom. The number of esters is 1. The Balaban J connectivity index is 2.17. The van der Waals surface area contributed by atoms with Crippen molar-refractivity contribution in [1.29, 1.82) is 0 Å². The lowest BCUT2D eigenvalue weighted by atomic mass is 9.90. The highest BCUT2D eigenvalue weighted by atomic mass is 32.1. The number of benzene rings is 2. The molecule has 2 N–H and O–H groups in total. The fraction of sp³-hybridized carbons (Fsp3) is 0.333. The highest BCUT2D eigenvalue weighted by Gasteiger charge is 2.18. The second kappa shape index (κ2) is 10.8. The summed E-state index contributed by atoms with van der Waals surface area (Å²) in [5, 5.41) is 7.07. The minimum Gasteiger partial charge on any atom is -0.464 e. The van der Waals surface area contributed by atoms with Crippen LogP contribution in [-0.2, 0) is 9.53 Å². The van der Waals surface area contributed by atoms with Crippen molar-refractivity contribution in [1.82, 2.24) is 10.6 Å². The molecule has 5 heteroatoms. The summed E-state index contributed by atoms with van der Waals surface area (Å²) in [6, 6.07) is 14.6. The lowest BCUT2D eigenvalue weighted by molar-refractivity contribution is -0.140. The van der Waals surface area contributed by atoms with E-state index in [0.29, 0.717) is 11.7 Å². The molecule has 0 saturated heterocycles. The van der Waals surface area contributed by atoms with E-state index >= 15 is 0 Å². The third-order valence-corrected chi connectivity index (χ3v) is 5.26. The quantitative estimate of drug-likeness (QED) is 0.372. The van der Waals surface area contributed by atoms with Crippen molar-refractivity contribution in [3.05, 3.63) is 76.9 Å². The van der Waals surface area contributed by atoms with Crippen LogP contribution in [0.1, 0.15) is 47.2 Å². The summed E-state index contributed by atoms with van der Waals surface area (Å²) < 4.78 is 4.95. The van der Waals surface area contributed by atoms with E-state index in [1.807, 2.05) is 12.1 Å². The van der Waals surface area contributed by atoms with Crippen molar-refractivity contribution in [3.63, 3.8) is 0 Å². The number of thiocarbonyl (C=S) groups is 1. The van der Waals surface area contributed by atoms with Gasteiger partial charge in [-0.3, -0.25) is 4.79 Å². The Kier molecular flexibility index (Phi) is 8.40. The minimum absolute atomic E-state index is 0.0178. The zero-order valence-corrected chi connectivity index (χ0v) is 18.5. The monoisotopic (exact) mass is 410 g/mol. The second-order valence-electron chi connectivity index (χ2n) is 7.20. The predicted octanol–water partition coefficient (Wildman–Crippen LogP) is 4.78. The van der Waals surface area contributed by atoms with Gasteiger partial charge in [-0.05, 0) is 72.8 Å². The van der Waals surface area contributed by atoms with Crippen LogP contribution in [0.15, 0.2) is 49.0 Å². The molecule has 1 unspecified atom stereocenters. The summed E-state index contributed by atoms with van der Waals surface area (Å²) in [6.45, 7) is 12.8. The van der Waals surface area contributed by atoms with Crippen molar-refractivity contribution in [2.75, 3.05) is 13.2 Å². The predicted molar refractivity (Wildman–Crippen MR) is 124 cm³/mol. The van der Waals surface area contributed by atoms with Crippen LogP contribution in [0, 0.1) is 20.8 Å². The molecule has 0 aliphatic carbocycles. The van der Waals surface area contributed by atoms with Gasteiger partial charge in [0.25, 0.3) is 0 Å². The van der Waals surface area contributed by atoms with Crippen molar-refractivity contribution in [2.45, 2.75) is 40.2 Å². The molecular formula is C24H30N2O2S. The average Bonchev–Trinajstić information content (AvgIpc) is 2.67. The topological polar surface area (TPSA) is 50.4 Å². The van der Waals surface area contributed by atoms with E-state index in [-0.39, 0.29) is 18.6 Å². The fourth-order valence-corrected chi connectivity index (χ4v) is 3.53. The Morgan fingerprint density at radius 3 is 2.48 bits per heavy atom. The molecule has 2 aromatic carbocycles. The van der Waals surface area contributed by atoms with Crippen LogP contribution in [0.5, 0.6) is 0 Å². The molecule has 0 aliphatic heterocycles. The normalized spacial score (nSPS) is 11.4. The maximum atomic E-state index is 10.9. The van der Waals surface area contributed by atoms with E-state index in [1.165, 1.54) is 34.7 Å². The van der Waals surface area contributed by atoms with E-state index < -0.39 is 0 Å². The van der Waals surface area contributed by atoms with Gasteiger partial charge >= 0.3 is 5.97 Å². The molecular weight excluding hydrogens is 380 g/mol. The third kappa shape index (κ3) is 6.71. The van der Waals surface area contributed by atoms with E-state index in [2.05, 4.69) is 68.3 Å². The maximum Gasteiger partial charge on any atom is 0.302 e. The van der Waals surface area contributed by atoms with Gasteiger partial charge in [0, 0.05) is 6.92 Å². The maximum absolute atomic E-state index is 10.9. The molecule has 0 aromatic heterocycles. The molecule has 4 nitrogen and oxygen atoms in total. The van der Waals surface area contributed by atoms with E-state index in [4.69, 9.17) is 17.0 Å². The minimum atomic E-state index is -0.298. The molecule has 0 fully saturated rings. The molecule has 0 heterocycles. The summed E-state index contributed by atoms with van der Waals surface area (Å²) in [5.41, 5.74) is 7.11. The zero-order chi connectivity index (χ0) is 21.4. The number of rotatable bonds is 8. The second-order valence-corrected chi connectivity index (χ2v) is 7.61. The molecule has 0 spiro atoms. The van der Waals surface area contributed by atoms with Gasteiger partial charge in [0.15, 0.2) is 5.11 Å². The molecule has 0 aliphatic rings. The van der Waals surface area contributed by atoms with E-state index in [1.54, 1.807) is 0 Å². The number of ether oxygens (including phenoxy) is 1. The van der Waals surface area contributed by atoms with Crippen molar-refractivity contribution in [2.24, 2.45) is 0 Å². The van der Waals surface area contributed by atoms with Gasteiger partial charge in [-0.15, -0.1) is 0 Å². The number of carbonyl (C=O) groups excluding carboxylic acids is 1. The first-order valence-corrected chi connectivity index (χ1v) is 10.2. The summed E-state index contributed by atoms with van der Waals surface area (Å²) in [4.78, 5) is 10.9. The van der Waals surface area contributed by atoms with Crippen LogP contribution in [0.4, 0.5) is 0 Å². The number of nitrogens with one attached hydrogen (secondary N) is 2. The Labute approximate surface area is 179 Å². The van der Waals surface area contributed by atoms with Crippen molar-refractivity contribution < 1.29 is 9.53 Å². The average molecular weight is 411 g/mol. The van der Waals surface area contributed by atoms with Crippen LogP contribution in [-0.4, -0.2) is 24.2 Å². The molecule has 0 radical (unpaired) electrons. The van der Waals surface area contributed by atoms with Gasteiger partial charge in [-0.25, -0.2) is 0 Å². The van der Waals surface area contributed by atoms with E-state index in [0.717, 1.165) is 12.0 Å². The van der Waals surface area contributed by atoms with Gasteiger partial charge in [0.1, 0.15) is 6.61 Å². The summed E-state index contributed by atoms with van der Waals surface area (Å²) in [6.07, 6.45) is 0.723. The van der Waals surface area contributed by atoms with Gasteiger partial charge in [-0.2, -0.15) is 0 Å². The van der Waals surface area contributed by atoms with Crippen LogP contribution in [0.25, 0.3) is 5.57 Å². The lowest BCUT2D eigenvalue weighted by Crippen LogP contribution is -2.39. The van der Waals surface area contributed by atoms with Crippen LogP contribution in [0.2, 0.25) is 0 Å². The summed E-state index contributed by atoms with van der Waals surface area (Å²) >= 11 is 5.49. The first kappa shape index (κ1) is 22.6. The standard InChI is InChI=1S/C24H30N2O2S/c1-16-10-8-12-22(19(16)4)23(26-24(29)25-13-14-28-20(5)27)15-18(3)21-11-7-6-9-17(21)2/h6-12,23H,3,13-15H2,1-2,4-5H3,(H2,25,26,29). The number of hydrogen-bond acceptors (Lipinski definition) is 3.